The predicted octanol–water partition coefficient (Wildman–Crippen LogP) is 1.97. The van der Waals surface area contributed by atoms with Crippen molar-refractivity contribution in [3.63, 3.8) is 0 Å². The highest BCUT2D eigenvalue weighted by atomic mass is 16.3. The van der Waals surface area contributed by atoms with Crippen LogP contribution in [0.25, 0.3) is 10.9 Å². The molecule has 0 saturated heterocycles. The van der Waals surface area contributed by atoms with E-state index in [1.165, 1.54) is 0 Å². The minimum Gasteiger partial charge on any atom is -0.393 e. The van der Waals surface area contributed by atoms with Crippen LogP contribution < -0.4 is 10.6 Å². The van der Waals surface area contributed by atoms with Gasteiger partial charge in [0.1, 0.15) is 0 Å². The number of carbonyl (C=O) groups is 1. The molecule has 1 saturated carbocycles. The van der Waals surface area contributed by atoms with Crippen molar-refractivity contribution in [1.29, 1.82) is 0 Å². The van der Waals surface area contributed by atoms with Crippen molar-refractivity contribution >= 4 is 22.8 Å². The van der Waals surface area contributed by atoms with Crippen LogP contribution in [0, 0.1) is 0 Å². The monoisotopic (exact) mass is 380 g/mol. The molecule has 1 aromatic carbocycles. The average molecular weight is 380 g/mol. The van der Waals surface area contributed by atoms with E-state index in [2.05, 4.69) is 25.7 Å². The number of anilines is 1. The molecule has 1 aliphatic carbocycles. The Morgan fingerprint density at radius 3 is 2.86 bits per heavy atom. The maximum Gasteiger partial charge on any atom is 0.253 e. The van der Waals surface area contributed by atoms with Gasteiger partial charge in [-0.2, -0.15) is 5.10 Å². The van der Waals surface area contributed by atoms with E-state index in [9.17, 15) is 9.90 Å². The number of hydrogen-bond acceptors (Lipinski definition) is 6. The smallest absolute Gasteiger partial charge is 0.253 e. The van der Waals surface area contributed by atoms with Crippen LogP contribution in [0.15, 0.2) is 42.9 Å². The fraction of sp³-hybridized carbons (Fsp3) is 0.400. The van der Waals surface area contributed by atoms with Crippen molar-refractivity contribution in [3.8, 4) is 0 Å². The predicted molar refractivity (Wildman–Crippen MR) is 106 cm³/mol. The Bertz CT molecular complexity index is 935. The second-order valence-electron chi connectivity index (χ2n) is 7.11. The second kappa shape index (κ2) is 8.35. The van der Waals surface area contributed by atoms with Gasteiger partial charge in [-0.15, -0.1) is 0 Å². The summed E-state index contributed by atoms with van der Waals surface area (Å²) >= 11 is 0. The number of rotatable bonds is 6. The van der Waals surface area contributed by atoms with Crippen molar-refractivity contribution in [2.75, 3.05) is 11.9 Å². The lowest BCUT2D eigenvalue weighted by Gasteiger charge is -2.26. The fourth-order valence-electron chi connectivity index (χ4n) is 3.52. The van der Waals surface area contributed by atoms with E-state index in [0.29, 0.717) is 30.1 Å². The van der Waals surface area contributed by atoms with Crippen LogP contribution in [-0.4, -0.2) is 49.5 Å². The molecule has 2 heterocycles. The molecule has 1 aliphatic rings. The molecular formula is C20H24N6O2. The fourth-order valence-corrected chi connectivity index (χ4v) is 3.52. The van der Waals surface area contributed by atoms with Crippen LogP contribution in [0.3, 0.4) is 0 Å². The van der Waals surface area contributed by atoms with Crippen LogP contribution in [-0.2, 0) is 6.54 Å². The molecule has 1 amide bonds. The second-order valence-corrected chi connectivity index (χ2v) is 7.11. The Morgan fingerprint density at radius 2 is 2.07 bits per heavy atom. The summed E-state index contributed by atoms with van der Waals surface area (Å²) in [5.74, 6) is 0.355. The van der Waals surface area contributed by atoms with E-state index in [4.69, 9.17) is 0 Å². The first-order valence-corrected chi connectivity index (χ1v) is 9.65. The summed E-state index contributed by atoms with van der Waals surface area (Å²) in [6, 6.07) is 7.61. The molecule has 28 heavy (non-hydrogen) atoms. The summed E-state index contributed by atoms with van der Waals surface area (Å²) in [6.07, 6.45) is 8.46. The molecule has 0 atom stereocenters. The Balaban J connectivity index is 1.47. The molecule has 0 spiro atoms. The third-order valence-electron chi connectivity index (χ3n) is 5.07. The minimum absolute atomic E-state index is 0.164. The quantitative estimate of drug-likeness (QED) is 0.604. The molecule has 3 aromatic rings. The summed E-state index contributed by atoms with van der Waals surface area (Å²) < 4.78 is 1.77. The molecule has 1 fully saturated rings. The number of carbonyl (C=O) groups excluding carboxylic acids is 1. The van der Waals surface area contributed by atoms with E-state index in [1.807, 2.05) is 24.4 Å². The van der Waals surface area contributed by atoms with E-state index < -0.39 is 0 Å². The summed E-state index contributed by atoms with van der Waals surface area (Å²) in [5, 5.41) is 20.9. The molecule has 0 unspecified atom stereocenters. The number of benzene rings is 1. The van der Waals surface area contributed by atoms with Crippen LogP contribution in [0.4, 0.5) is 5.95 Å². The summed E-state index contributed by atoms with van der Waals surface area (Å²) in [4.78, 5) is 21.7. The highest BCUT2D eigenvalue weighted by Gasteiger charge is 2.20. The molecule has 2 aromatic heterocycles. The van der Waals surface area contributed by atoms with Gasteiger partial charge in [-0.3, -0.25) is 9.48 Å². The number of nitrogens with zero attached hydrogens (tertiary/aromatic N) is 4. The highest BCUT2D eigenvalue weighted by molar-refractivity contribution is 6.05. The summed E-state index contributed by atoms with van der Waals surface area (Å²) in [6.45, 7) is 1.09. The van der Waals surface area contributed by atoms with Gasteiger partial charge < -0.3 is 15.7 Å². The number of aromatic nitrogens is 4. The maximum absolute atomic E-state index is 12.7. The SMILES string of the molecule is O=C(NCCn1cccn1)c1cccc2cnc(N[C@H]3CC[C@H](O)CC3)nc12. The van der Waals surface area contributed by atoms with Crippen LogP contribution in [0.5, 0.6) is 0 Å². The Morgan fingerprint density at radius 1 is 1.21 bits per heavy atom. The first kappa shape index (κ1) is 18.4. The topological polar surface area (TPSA) is 105 Å². The van der Waals surface area contributed by atoms with Gasteiger partial charge in [-0.25, -0.2) is 9.97 Å². The van der Waals surface area contributed by atoms with Crippen LogP contribution >= 0.6 is 0 Å². The number of fused-ring (bicyclic) bond motifs is 1. The molecule has 0 radical (unpaired) electrons. The summed E-state index contributed by atoms with van der Waals surface area (Å²) in [5.41, 5.74) is 1.16. The zero-order valence-corrected chi connectivity index (χ0v) is 15.6. The first-order valence-electron chi connectivity index (χ1n) is 9.65. The van der Waals surface area contributed by atoms with Gasteiger partial charge in [0.05, 0.1) is 23.7 Å². The molecule has 146 valence electrons. The van der Waals surface area contributed by atoms with Crippen LogP contribution in [0.1, 0.15) is 36.0 Å². The van der Waals surface area contributed by atoms with Crippen molar-refractivity contribution in [1.82, 2.24) is 25.1 Å². The van der Waals surface area contributed by atoms with Crippen molar-refractivity contribution < 1.29 is 9.90 Å². The third-order valence-corrected chi connectivity index (χ3v) is 5.07. The standard InChI is InChI=1S/C20H24N6O2/c27-16-7-5-15(6-8-16)24-20-22-13-14-3-1-4-17(18(14)25-20)19(28)21-10-12-26-11-2-9-23-26/h1-4,9,11,13,15-16,27H,5-8,10,12H2,(H,21,28)(H,22,24,25)/t15-,16-. The number of nitrogens with one attached hydrogen (secondary N) is 2. The number of hydrogen-bond donors (Lipinski definition) is 3. The van der Waals surface area contributed by atoms with Gasteiger partial charge in [0.2, 0.25) is 5.95 Å². The van der Waals surface area contributed by atoms with E-state index in [0.717, 1.165) is 31.1 Å². The van der Waals surface area contributed by atoms with Gasteiger partial charge >= 0.3 is 0 Å². The Kier molecular flexibility index (Phi) is 5.48. The van der Waals surface area contributed by atoms with Crippen molar-refractivity contribution in [2.24, 2.45) is 0 Å². The van der Waals surface area contributed by atoms with Crippen molar-refractivity contribution in [2.45, 2.75) is 44.4 Å². The van der Waals surface area contributed by atoms with E-state index in [-0.39, 0.29) is 18.1 Å². The minimum atomic E-state index is -0.201. The van der Waals surface area contributed by atoms with Gasteiger partial charge in [0.15, 0.2) is 0 Å². The Hall–Kier alpha value is -3.00. The molecule has 4 rings (SSSR count). The number of aliphatic hydroxyl groups excluding tert-OH is 1. The summed E-state index contributed by atoms with van der Waals surface area (Å²) in [7, 11) is 0. The third kappa shape index (κ3) is 4.28. The first-order chi connectivity index (χ1) is 13.7. The van der Waals surface area contributed by atoms with Crippen molar-refractivity contribution in [3.05, 3.63) is 48.4 Å². The van der Waals surface area contributed by atoms with Gasteiger partial charge in [-0.1, -0.05) is 12.1 Å². The molecule has 8 heteroatoms. The van der Waals surface area contributed by atoms with Gasteiger partial charge in [-0.05, 0) is 37.8 Å². The van der Waals surface area contributed by atoms with E-state index in [1.54, 1.807) is 23.1 Å². The number of aliphatic hydroxyl groups is 1. The zero-order chi connectivity index (χ0) is 19.3. The zero-order valence-electron chi connectivity index (χ0n) is 15.6. The number of amides is 1. The maximum atomic E-state index is 12.7. The van der Waals surface area contributed by atoms with Gasteiger partial charge in [0.25, 0.3) is 5.91 Å². The molecular weight excluding hydrogens is 356 g/mol. The average Bonchev–Trinajstić information content (AvgIpc) is 3.23. The Labute approximate surface area is 163 Å². The van der Waals surface area contributed by atoms with E-state index >= 15 is 0 Å². The van der Waals surface area contributed by atoms with Crippen LogP contribution in [0.2, 0.25) is 0 Å². The van der Waals surface area contributed by atoms with Gasteiger partial charge in [0, 0.05) is 36.6 Å². The molecule has 0 aliphatic heterocycles. The molecule has 3 N–H and O–H groups in total. The largest absolute Gasteiger partial charge is 0.393 e. The molecule has 8 nitrogen and oxygen atoms in total. The lowest BCUT2D eigenvalue weighted by atomic mass is 9.93. The lowest BCUT2D eigenvalue weighted by molar-refractivity contribution is 0.0953. The highest BCUT2D eigenvalue weighted by Crippen LogP contribution is 2.22. The number of para-hydroxylation sites is 1. The normalized spacial score (nSPS) is 19.5. The lowest BCUT2D eigenvalue weighted by Crippen LogP contribution is -2.29. The molecule has 0 bridgehead atoms.